The molecule has 0 spiro atoms. The summed E-state index contributed by atoms with van der Waals surface area (Å²) in [4.78, 5) is 23.6. The lowest BCUT2D eigenvalue weighted by molar-refractivity contribution is 0.187. The summed E-state index contributed by atoms with van der Waals surface area (Å²) < 4.78 is 43.2. The minimum atomic E-state index is -4.25. The number of aromatic nitrogens is 3. The van der Waals surface area contributed by atoms with Crippen LogP contribution in [0.15, 0.2) is 53.1 Å². The van der Waals surface area contributed by atoms with Crippen LogP contribution in [-0.2, 0) is 14.8 Å². The van der Waals surface area contributed by atoms with E-state index in [1.807, 2.05) is 16.9 Å². The first-order valence-electron chi connectivity index (χ1n) is 8.68. The van der Waals surface area contributed by atoms with E-state index >= 15 is 0 Å². The van der Waals surface area contributed by atoms with Crippen molar-refractivity contribution in [1.82, 2.24) is 19.7 Å². The molecule has 1 aliphatic heterocycles. The molecule has 30 heavy (non-hydrogen) atoms. The highest BCUT2D eigenvalue weighted by Gasteiger charge is 2.23. The van der Waals surface area contributed by atoms with Gasteiger partial charge in [-0.1, -0.05) is 18.2 Å². The van der Waals surface area contributed by atoms with E-state index < -0.39 is 16.1 Å². The minimum absolute atomic E-state index is 0.0199. The van der Waals surface area contributed by atoms with Gasteiger partial charge in [0.15, 0.2) is 0 Å². The van der Waals surface area contributed by atoms with E-state index in [0.29, 0.717) is 12.4 Å². The van der Waals surface area contributed by atoms with E-state index in [2.05, 4.69) is 20.3 Å². The van der Waals surface area contributed by atoms with Crippen molar-refractivity contribution in [3.05, 3.63) is 54.1 Å². The average Bonchev–Trinajstić information content (AvgIpc) is 2.72. The van der Waals surface area contributed by atoms with Crippen LogP contribution < -0.4 is 19.5 Å². The third kappa shape index (κ3) is 5.44. The van der Waals surface area contributed by atoms with E-state index in [4.69, 9.17) is 14.2 Å². The smallest absolute Gasteiger partial charge is 0.335 e. The Morgan fingerprint density at radius 1 is 1.23 bits per heavy atom. The second-order valence-electron chi connectivity index (χ2n) is 5.86. The number of ether oxygens (including phenoxy) is 3. The monoisotopic (exact) mass is 433 g/mol. The van der Waals surface area contributed by atoms with Gasteiger partial charge in [-0.3, -0.25) is 5.32 Å². The van der Waals surface area contributed by atoms with Gasteiger partial charge in [-0.2, -0.15) is 15.0 Å². The van der Waals surface area contributed by atoms with Crippen LogP contribution in [0.4, 0.5) is 10.7 Å². The highest BCUT2D eigenvalue weighted by molar-refractivity contribution is 7.90. The fraction of sp³-hybridized carbons (Fsp3) is 0.222. The Kier molecular flexibility index (Phi) is 6.47. The number of hydrogen-bond acceptors (Lipinski definition) is 9. The van der Waals surface area contributed by atoms with Gasteiger partial charge in [0.2, 0.25) is 5.95 Å². The Bertz CT molecular complexity index is 1100. The Morgan fingerprint density at radius 2 is 2.03 bits per heavy atom. The number of amides is 2. The largest absolute Gasteiger partial charge is 0.490 e. The third-order valence-electron chi connectivity index (χ3n) is 3.65. The van der Waals surface area contributed by atoms with Crippen molar-refractivity contribution in [2.45, 2.75) is 11.8 Å². The summed E-state index contributed by atoms with van der Waals surface area (Å²) in [6.45, 7) is 2.02. The number of carbonyl (C=O) groups is 1. The lowest BCUT2D eigenvalue weighted by Gasteiger charge is -2.15. The molecule has 11 nitrogen and oxygen atoms in total. The summed E-state index contributed by atoms with van der Waals surface area (Å²) in [5.41, 5.74) is 0. The molecule has 0 radical (unpaired) electrons. The van der Waals surface area contributed by atoms with Gasteiger partial charge < -0.3 is 14.2 Å². The van der Waals surface area contributed by atoms with Crippen LogP contribution in [0.5, 0.6) is 11.8 Å². The van der Waals surface area contributed by atoms with Gasteiger partial charge in [0.25, 0.3) is 10.0 Å². The summed E-state index contributed by atoms with van der Waals surface area (Å²) in [6.07, 6.45) is 5.36. The number of rotatable bonds is 7. The van der Waals surface area contributed by atoms with Crippen molar-refractivity contribution < 1.29 is 27.4 Å². The maximum atomic E-state index is 12.7. The first-order chi connectivity index (χ1) is 14.4. The van der Waals surface area contributed by atoms with E-state index in [-0.39, 0.29) is 35.0 Å². The number of nitrogens with one attached hydrogen (secondary N) is 2. The molecule has 2 heterocycles. The first-order valence-corrected chi connectivity index (χ1v) is 10.2. The molecule has 12 heteroatoms. The number of sulfonamides is 1. The molecule has 2 amide bonds. The molecule has 2 aromatic rings. The molecule has 0 saturated heterocycles. The van der Waals surface area contributed by atoms with Crippen molar-refractivity contribution in [2.24, 2.45) is 0 Å². The number of allylic oxidation sites excluding steroid dienone is 2. The first kappa shape index (κ1) is 21.0. The number of methoxy groups -OCH3 is 1. The zero-order chi connectivity index (χ0) is 21.6. The molecule has 0 saturated carbocycles. The standard InChI is InChI=1S/C18H19N5O6S/c1-12-19-16(22-18(20-12)27-2)21-17(24)23-30(25,26)15-9-4-3-8-14(15)29-11-13-7-5-6-10-28-13/h3-9H,10-11H2,1-2H3,(H2,19,20,21,22,23,24). The molecular weight excluding hydrogens is 414 g/mol. The molecule has 2 N–H and O–H groups in total. The molecule has 1 aromatic heterocycles. The van der Waals surface area contributed by atoms with Crippen LogP contribution in [0.25, 0.3) is 0 Å². The number of para-hydroxylation sites is 1. The molecule has 0 unspecified atom stereocenters. The van der Waals surface area contributed by atoms with Gasteiger partial charge >= 0.3 is 12.0 Å². The zero-order valence-corrected chi connectivity index (χ0v) is 17.0. The Balaban J connectivity index is 1.72. The molecular formula is C18H19N5O6S. The van der Waals surface area contributed by atoms with Gasteiger partial charge in [-0.15, -0.1) is 0 Å². The molecule has 1 aliphatic rings. The predicted molar refractivity (Wildman–Crippen MR) is 106 cm³/mol. The number of urea groups is 1. The van der Waals surface area contributed by atoms with E-state index in [9.17, 15) is 13.2 Å². The zero-order valence-electron chi connectivity index (χ0n) is 16.2. The van der Waals surface area contributed by atoms with Crippen LogP contribution in [0.2, 0.25) is 0 Å². The molecule has 0 bridgehead atoms. The normalized spacial score (nSPS) is 13.1. The van der Waals surface area contributed by atoms with Gasteiger partial charge in [0, 0.05) is 0 Å². The number of nitrogens with zero attached hydrogens (tertiary/aromatic N) is 3. The SMILES string of the molecule is COc1nc(C)nc(NC(=O)NS(=O)(=O)c2ccccc2OCC2=CC=CCO2)n1. The Hall–Kier alpha value is -3.67. The fourth-order valence-corrected chi connectivity index (χ4v) is 3.43. The van der Waals surface area contributed by atoms with Crippen molar-refractivity contribution in [1.29, 1.82) is 0 Å². The predicted octanol–water partition coefficient (Wildman–Crippen LogP) is 1.55. The molecule has 0 atom stereocenters. The van der Waals surface area contributed by atoms with Crippen LogP contribution in [0, 0.1) is 6.92 Å². The van der Waals surface area contributed by atoms with Gasteiger partial charge in [-0.05, 0) is 31.2 Å². The highest BCUT2D eigenvalue weighted by Crippen LogP contribution is 2.24. The summed E-state index contributed by atoms with van der Waals surface area (Å²) in [5.74, 6) is 0.739. The van der Waals surface area contributed by atoms with Gasteiger partial charge in [0.05, 0.1) is 7.11 Å². The lowest BCUT2D eigenvalue weighted by Crippen LogP contribution is -2.35. The summed E-state index contributed by atoms with van der Waals surface area (Å²) in [6, 6.07) is 4.85. The second-order valence-corrected chi connectivity index (χ2v) is 7.51. The Morgan fingerprint density at radius 3 is 2.77 bits per heavy atom. The third-order valence-corrected chi connectivity index (χ3v) is 5.02. The van der Waals surface area contributed by atoms with Crippen LogP contribution >= 0.6 is 0 Å². The number of hydrogen-bond donors (Lipinski definition) is 2. The maximum absolute atomic E-state index is 12.7. The quantitative estimate of drug-likeness (QED) is 0.665. The number of aryl methyl sites for hydroxylation is 1. The molecule has 0 fully saturated rings. The number of anilines is 1. The van der Waals surface area contributed by atoms with Crippen LogP contribution in [0.1, 0.15) is 5.82 Å². The van der Waals surface area contributed by atoms with E-state index in [1.165, 1.54) is 25.3 Å². The topological polar surface area (TPSA) is 142 Å². The summed E-state index contributed by atoms with van der Waals surface area (Å²) in [5, 5.41) is 2.24. The number of carbonyl (C=O) groups excluding carboxylic acids is 1. The van der Waals surface area contributed by atoms with Crippen LogP contribution in [-0.4, -0.2) is 49.7 Å². The lowest BCUT2D eigenvalue weighted by atomic mass is 10.3. The van der Waals surface area contributed by atoms with Crippen molar-refractivity contribution >= 4 is 22.0 Å². The molecule has 1 aromatic carbocycles. The molecule has 158 valence electrons. The Labute approximate surface area is 172 Å². The molecule has 0 aliphatic carbocycles. The minimum Gasteiger partial charge on any atom is -0.490 e. The van der Waals surface area contributed by atoms with E-state index in [0.717, 1.165) is 0 Å². The van der Waals surface area contributed by atoms with Crippen LogP contribution in [0.3, 0.4) is 0 Å². The second kappa shape index (κ2) is 9.22. The van der Waals surface area contributed by atoms with Gasteiger partial charge in [0.1, 0.15) is 35.4 Å². The number of benzene rings is 1. The highest BCUT2D eigenvalue weighted by atomic mass is 32.2. The maximum Gasteiger partial charge on any atom is 0.335 e. The van der Waals surface area contributed by atoms with Crippen molar-refractivity contribution in [3.8, 4) is 11.8 Å². The van der Waals surface area contributed by atoms with Crippen molar-refractivity contribution in [2.75, 3.05) is 25.6 Å². The average molecular weight is 433 g/mol. The van der Waals surface area contributed by atoms with Crippen molar-refractivity contribution in [3.63, 3.8) is 0 Å². The van der Waals surface area contributed by atoms with Gasteiger partial charge in [-0.25, -0.2) is 17.9 Å². The van der Waals surface area contributed by atoms with E-state index in [1.54, 1.807) is 19.1 Å². The summed E-state index contributed by atoms with van der Waals surface area (Å²) in [7, 11) is -2.90. The molecule has 3 rings (SSSR count). The summed E-state index contributed by atoms with van der Waals surface area (Å²) >= 11 is 0. The fourth-order valence-electron chi connectivity index (χ4n) is 2.37.